The number of sulfonamides is 1. The molecule has 0 aromatic heterocycles. The largest absolute Gasteiger partial charge is 0.573 e. The molecule has 3 aromatic rings. The number of rotatable bonds is 8. The highest BCUT2D eigenvalue weighted by atomic mass is 32.2. The predicted octanol–water partition coefficient (Wildman–Crippen LogP) is 4.87. The van der Waals surface area contributed by atoms with E-state index in [-0.39, 0.29) is 10.5 Å². The van der Waals surface area contributed by atoms with E-state index in [0.717, 1.165) is 35.4 Å². The molecule has 0 spiro atoms. The fourth-order valence-corrected chi connectivity index (χ4v) is 3.94. The molecule has 2 N–H and O–H groups in total. The van der Waals surface area contributed by atoms with Crippen LogP contribution in [0.4, 0.5) is 18.9 Å². The van der Waals surface area contributed by atoms with Crippen LogP contribution in [0.2, 0.25) is 0 Å². The second kappa shape index (κ2) is 9.31. The van der Waals surface area contributed by atoms with Gasteiger partial charge in [-0.1, -0.05) is 24.3 Å². The number of hydrogen-bond donors (Lipinski definition) is 2. The lowest BCUT2D eigenvalue weighted by Gasteiger charge is -2.11. The molecule has 0 fully saturated rings. The number of hydrogen-bond acceptors (Lipinski definition) is 4. The number of halogens is 3. The van der Waals surface area contributed by atoms with Crippen molar-refractivity contribution in [2.24, 2.45) is 0 Å². The summed E-state index contributed by atoms with van der Waals surface area (Å²) in [4.78, 5) is 10.7. The minimum atomic E-state index is -4.86. The molecule has 0 radical (unpaired) electrons. The molecule has 0 aliphatic carbocycles. The molecule has 168 valence electrons. The highest BCUT2D eigenvalue weighted by Gasteiger charge is 2.31. The van der Waals surface area contributed by atoms with E-state index in [4.69, 9.17) is 5.11 Å². The van der Waals surface area contributed by atoms with Gasteiger partial charge in [-0.15, -0.1) is 13.2 Å². The average molecular weight is 465 g/mol. The van der Waals surface area contributed by atoms with Crippen molar-refractivity contribution >= 4 is 21.7 Å². The highest BCUT2D eigenvalue weighted by Crippen LogP contribution is 2.25. The first-order valence-electron chi connectivity index (χ1n) is 9.32. The highest BCUT2D eigenvalue weighted by molar-refractivity contribution is 7.92. The number of anilines is 1. The first-order valence-corrected chi connectivity index (χ1v) is 10.8. The van der Waals surface area contributed by atoms with Crippen LogP contribution in [0.15, 0.2) is 77.7 Å². The summed E-state index contributed by atoms with van der Waals surface area (Å²) in [6, 6.07) is 17.1. The maximum Gasteiger partial charge on any atom is 0.573 e. The minimum Gasteiger partial charge on any atom is -0.478 e. The van der Waals surface area contributed by atoms with Crippen LogP contribution < -0.4 is 9.46 Å². The third kappa shape index (κ3) is 6.48. The van der Waals surface area contributed by atoms with Gasteiger partial charge in [0.05, 0.1) is 10.5 Å². The van der Waals surface area contributed by atoms with Gasteiger partial charge in [-0.05, 0) is 72.5 Å². The van der Waals surface area contributed by atoms with Gasteiger partial charge >= 0.3 is 12.3 Å². The molecule has 0 unspecified atom stereocenters. The van der Waals surface area contributed by atoms with Gasteiger partial charge in [0.25, 0.3) is 10.0 Å². The Morgan fingerprint density at radius 2 is 1.34 bits per heavy atom. The molecule has 3 aromatic carbocycles. The van der Waals surface area contributed by atoms with Crippen LogP contribution >= 0.6 is 0 Å². The van der Waals surface area contributed by atoms with Crippen LogP contribution in [-0.4, -0.2) is 25.9 Å². The van der Waals surface area contributed by atoms with Crippen molar-refractivity contribution in [3.8, 4) is 5.75 Å². The summed E-state index contributed by atoms with van der Waals surface area (Å²) in [6.07, 6.45) is -3.51. The van der Waals surface area contributed by atoms with E-state index in [9.17, 15) is 26.4 Å². The Labute approximate surface area is 182 Å². The number of carboxylic acid groups (broad SMARTS) is 1. The van der Waals surface area contributed by atoms with Crippen molar-refractivity contribution in [1.82, 2.24) is 0 Å². The van der Waals surface area contributed by atoms with Crippen molar-refractivity contribution < 1.29 is 36.2 Å². The van der Waals surface area contributed by atoms with E-state index in [0.29, 0.717) is 18.5 Å². The number of benzene rings is 3. The topological polar surface area (TPSA) is 92.7 Å². The summed E-state index contributed by atoms with van der Waals surface area (Å²) < 4.78 is 67.7. The van der Waals surface area contributed by atoms with Gasteiger partial charge in [0.15, 0.2) is 0 Å². The smallest absolute Gasteiger partial charge is 0.478 e. The third-order valence-corrected chi connectivity index (χ3v) is 5.87. The summed E-state index contributed by atoms with van der Waals surface area (Å²) in [7, 11) is -3.99. The Morgan fingerprint density at radius 3 is 1.81 bits per heavy atom. The predicted molar refractivity (Wildman–Crippen MR) is 111 cm³/mol. The molecule has 0 amide bonds. The van der Waals surface area contributed by atoms with Crippen LogP contribution in [0.25, 0.3) is 0 Å². The van der Waals surface area contributed by atoms with Crippen LogP contribution in [-0.2, 0) is 22.9 Å². The van der Waals surface area contributed by atoms with Crippen LogP contribution in [0.3, 0.4) is 0 Å². The fraction of sp³-hybridized carbons (Fsp3) is 0.136. The zero-order chi connectivity index (χ0) is 23.4. The minimum absolute atomic E-state index is 0.207. The lowest BCUT2D eigenvalue weighted by Crippen LogP contribution is -2.17. The average Bonchev–Trinajstić information content (AvgIpc) is 2.72. The molecule has 0 atom stereocenters. The summed E-state index contributed by atoms with van der Waals surface area (Å²) in [5, 5.41) is 8.92. The Morgan fingerprint density at radius 1 is 0.844 bits per heavy atom. The Bertz CT molecular complexity index is 1170. The first kappa shape index (κ1) is 23.1. The lowest BCUT2D eigenvalue weighted by molar-refractivity contribution is -0.274. The number of aryl methyl sites for hydroxylation is 2. The summed E-state index contributed by atoms with van der Waals surface area (Å²) in [6.45, 7) is 0. The lowest BCUT2D eigenvalue weighted by atomic mass is 10.0. The van der Waals surface area contributed by atoms with E-state index in [1.54, 1.807) is 36.4 Å². The summed E-state index contributed by atoms with van der Waals surface area (Å²) >= 11 is 0. The third-order valence-electron chi connectivity index (χ3n) is 4.48. The Kier molecular flexibility index (Phi) is 6.73. The maximum atomic E-state index is 12.5. The fourth-order valence-electron chi connectivity index (χ4n) is 2.88. The molecule has 3 rings (SSSR count). The molecule has 0 bridgehead atoms. The molecule has 0 saturated carbocycles. The summed E-state index contributed by atoms with van der Waals surface area (Å²) in [5.41, 5.74) is 2.43. The molecular formula is C22H18F3NO5S. The van der Waals surface area contributed by atoms with Crippen molar-refractivity contribution in [1.29, 1.82) is 0 Å². The monoisotopic (exact) mass is 465 g/mol. The van der Waals surface area contributed by atoms with E-state index in [1.807, 2.05) is 0 Å². The van der Waals surface area contributed by atoms with Crippen LogP contribution in [0.1, 0.15) is 21.5 Å². The quantitative estimate of drug-likeness (QED) is 0.495. The molecule has 0 aliphatic heterocycles. The summed E-state index contributed by atoms with van der Waals surface area (Å²) in [5.74, 6) is -1.50. The van der Waals surface area contributed by atoms with E-state index < -0.39 is 28.1 Å². The Hall–Kier alpha value is -3.53. The Balaban J connectivity index is 1.60. The van der Waals surface area contributed by atoms with Gasteiger partial charge in [0, 0.05) is 5.69 Å². The SMILES string of the molecule is O=C(O)c1ccc(CCc2ccc(NS(=O)(=O)c3ccc(OC(F)(F)F)cc3)cc2)cc1. The van der Waals surface area contributed by atoms with Gasteiger partial charge in [0.1, 0.15) is 5.75 Å². The number of carbonyl (C=O) groups is 1. The molecule has 32 heavy (non-hydrogen) atoms. The van der Waals surface area contributed by atoms with Gasteiger partial charge < -0.3 is 9.84 Å². The molecule has 0 heterocycles. The van der Waals surface area contributed by atoms with Crippen LogP contribution in [0, 0.1) is 0 Å². The van der Waals surface area contributed by atoms with Gasteiger partial charge in [0.2, 0.25) is 0 Å². The van der Waals surface area contributed by atoms with Gasteiger partial charge in [-0.2, -0.15) is 0 Å². The van der Waals surface area contributed by atoms with Crippen molar-refractivity contribution in [3.05, 3.63) is 89.5 Å². The zero-order valence-electron chi connectivity index (χ0n) is 16.5. The van der Waals surface area contributed by atoms with Gasteiger partial charge in [-0.25, -0.2) is 13.2 Å². The van der Waals surface area contributed by atoms with Crippen molar-refractivity contribution in [3.63, 3.8) is 0 Å². The number of carboxylic acids is 1. The van der Waals surface area contributed by atoms with Crippen LogP contribution in [0.5, 0.6) is 5.75 Å². The number of ether oxygens (including phenoxy) is 1. The van der Waals surface area contributed by atoms with Crippen molar-refractivity contribution in [2.75, 3.05) is 4.72 Å². The number of aromatic carboxylic acids is 1. The normalized spacial score (nSPS) is 11.7. The molecule has 10 heteroatoms. The maximum absolute atomic E-state index is 12.5. The molecule has 0 saturated heterocycles. The van der Waals surface area contributed by atoms with Gasteiger partial charge in [-0.3, -0.25) is 4.72 Å². The molecule has 0 aliphatic rings. The zero-order valence-corrected chi connectivity index (χ0v) is 17.3. The van der Waals surface area contributed by atoms with E-state index in [1.165, 1.54) is 12.1 Å². The second-order valence-corrected chi connectivity index (χ2v) is 8.51. The van der Waals surface area contributed by atoms with E-state index in [2.05, 4.69) is 9.46 Å². The second-order valence-electron chi connectivity index (χ2n) is 6.82. The molecule has 6 nitrogen and oxygen atoms in total. The molecular weight excluding hydrogens is 447 g/mol. The van der Waals surface area contributed by atoms with Crippen molar-refractivity contribution in [2.45, 2.75) is 24.1 Å². The number of nitrogens with one attached hydrogen (secondary N) is 1. The first-order chi connectivity index (χ1) is 15.0. The standard InChI is InChI=1S/C22H18F3NO5S/c23-22(24,25)31-19-11-13-20(14-12-19)32(29,30)26-18-9-5-16(6-10-18)2-1-15-3-7-17(8-4-15)21(27)28/h3-14,26H,1-2H2,(H,27,28). The number of alkyl halides is 3. The van der Waals surface area contributed by atoms with E-state index >= 15 is 0 Å².